The van der Waals surface area contributed by atoms with Crippen LogP contribution in [-0.2, 0) is 26.6 Å². The molecule has 0 spiro atoms. The van der Waals surface area contributed by atoms with Crippen LogP contribution in [0.4, 0.5) is 0 Å². The van der Waals surface area contributed by atoms with E-state index in [-0.39, 0.29) is 23.0 Å². The maximum atomic E-state index is 11.1. The van der Waals surface area contributed by atoms with Crippen molar-refractivity contribution in [2.45, 2.75) is 6.92 Å². The number of carbonyl (C=O) groups excluding carboxylic acids is 1. The summed E-state index contributed by atoms with van der Waals surface area (Å²) in [5, 5.41) is 0. The van der Waals surface area contributed by atoms with Gasteiger partial charge in [-0.2, -0.15) is 0 Å². The normalized spacial score (nSPS) is 20.4. The molecule has 0 saturated heterocycles. The van der Waals surface area contributed by atoms with E-state index in [1.807, 2.05) is 44.9 Å². The second kappa shape index (κ2) is 10.6. The minimum atomic E-state index is -0.234. The van der Waals surface area contributed by atoms with Crippen LogP contribution in [0.15, 0.2) is 0 Å². The van der Waals surface area contributed by atoms with Crippen LogP contribution in [-0.4, -0.2) is 12.6 Å². The first-order valence-electron chi connectivity index (χ1n) is 5.00. The molecule has 0 heterocycles. The van der Waals surface area contributed by atoms with Gasteiger partial charge in [0.05, 0.1) is 10.5 Å². The largest absolute Gasteiger partial charge is 2.00 e. The predicted octanol–water partition coefficient (Wildman–Crippen LogP) is 2.74. The quantitative estimate of drug-likeness (QED) is 0.416. The van der Waals surface area contributed by atoms with Crippen molar-refractivity contribution < 1.29 is 26.6 Å². The van der Waals surface area contributed by atoms with E-state index in [1.54, 1.807) is 13.3 Å². The molecule has 0 amide bonds. The zero-order valence-corrected chi connectivity index (χ0v) is 12.6. The second-order valence-corrected chi connectivity index (χ2v) is 4.13. The molecule has 2 aliphatic carbocycles. The van der Waals surface area contributed by atoms with E-state index >= 15 is 0 Å². The monoisotopic (exact) mass is 384 g/mol. The molecular weight excluding hydrogens is 371 g/mol. The van der Waals surface area contributed by atoms with Gasteiger partial charge in [-0.1, -0.05) is 22.6 Å². The molecule has 2 rings (SSSR count). The average Bonchev–Trinajstić information content (AvgIpc) is 2.90. The van der Waals surface area contributed by atoms with E-state index in [2.05, 4.69) is 22.6 Å². The maximum absolute atomic E-state index is 11.1. The number of hydrogen-bond donors (Lipinski definition) is 0. The Morgan fingerprint density at radius 1 is 1.12 bits per heavy atom. The summed E-state index contributed by atoms with van der Waals surface area (Å²) in [4.78, 5) is 11.1. The maximum Gasteiger partial charge on any atom is 2.00 e. The summed E-state index contributed by atoms with van der Waals surface area (Å²) in [5.74, 6) is 0.425. The molecule has 17 heavy (non-hydrogen) atoms. The molecule has 4 heteroatoms. The Labute approximate surface area is 129 Å². The zero-order chi connectivity index (χ0) is 11.8. The van der Waals surface area contributed by atoms with Crippen molar-refractivity contribution in [3.05, 3.63) is 61.2 Å². The molecule has 2 saturated carbocycles. The molecule has 0 aromatic carbocycles. The molecule has 2 nitrogen and oxygen atoms in total. The summed E-state index contributed by atoms with van der Waals surface area (Å²) in [5.41, 5.74) is 0. The van der Waals surface area contributed by atoms with E-state index in [0.717, 1.165) is 3.92 Å². The van der Waals surface area contributed by atoms with Crippen LogP contribution in [0.1, 0.15) is 6.92 Å². The van der Waals surface area contributed by atoms with Crippen LogP contribution in [0.25, 0.3) is 0 Å². The summed E-state index contributed by atoms with van der Waals surface area (Å²) in [6, 6.07) is 0. The number of carbonyl (C=O) groups is 1. The Bertz CT molecular complexity index is 200. The predicted molar refractivity (Wildman–Crippen MR) is 71.5 cm³/mol. The third kappa shape index (κ3) is 7.02. The fraction of sp³-hybridized carbons (Fsp3) is 0.154. The summed E-state index contributed by atoms with van der Waals surface area (Å²) in [6.45, 7) is 2.23. The van der Waals surface area contributed by atoms with Gasteiger partial charge in [0.2, 0.25) is 0 Å². The Morgan fingerprint density at radius 2 is 1.65 bits per heavy atom. The van der Waals surface area contributed by atoms with Crippen molar-refractivity contribution in [3.8, 4) is 0 Å². The van der Waals surface area contributed by atoms with E-state index in [9.17, 15) is 4.79 Å². The van der Waals surface area contributed by atoms with E-state index < -0.39 is 0 Å². The zero-order valence-electron chi connectivity index (χ0n) is 9.37. The molecule has 0 aliphatic heterocycles. The number of halogens is 1. The number of ether oxygens (including phenoxy) is 1. The molecule has 0 bridgehead atoms. The van der Waals surface area contributed by atoms with Crippen LogP contribution in [0, 0.1) is 61.2 Å². The Hall–Kier alpha value is 0.719. The minimum Gasteiger partial charge on any atom is -0.465 e. The molecule has 0 unspecified atom stereocenters. The first-order chi connectivity index (χ1) is 7.75. The standard InChI is InChI=1S/C8H8IO2.C5H5.Fe/c1-2-11-8(10)6-4-3-5-7(6)9;1-2-4-5-3-1;/h3-5H,2H2,1H3;1-5H;/q;;+2. The van der Waals surface area contributed by atoms with Gasteiger partial charge in [0.1, 0.15) is 5.92 Å². The van der Waals surface area contributed by atoms with Crippen molar-refractivity contribution in [1.82, 2.24) is 0 Å². The van der Waals surface area contributed by atoms with Crippen molar-refractivity contribution in [1.29, 1.82) is 0 Å². The SMILES string of the molecule is CCOC(=O)[C]1[CH][CH][CH][C]1I.[CH]1[CH][CH][CH][CH]1.[Fe+2]. The molecular formula is C13H13FeIO2+2. The number of esters is 1. The van der Waals surface area contributed by atoms with Crippen molar-refractivity contribution in [3.63, 3.8) is 0 Å². The summed E-state index contributed by atoms with van der Waals surface area (Å²) in [7, 11) is 0. The van der Waals surface area contributed by atoms with Crippen LogP contribution in [0.3, 0.4) is 0 Å². The first kappa shape index (κ1) is 17.7. The topological polar surface area (TPSA) is 26.3 Å². The number of hydrogen-bond acceptors (Lipinski definition) is 2. The van der Waals surface area contributed by atoms with Gasteiger partial charge in [-0.15, -0.1) is 0 Å². The van der Waals surface area contributed by atoms with Gasteiger partial charge in [0.15, 0.2) is 0 Å². The summed E-state index contributed by atoms with van der Waals surface area (Å²) in [6.07, 6.45) is 15.5. The van der Waals surface area contributed by atoms with Gasteiger partial charge in [0.25, 0.3) is 0 Å². The third-order valence-corrected chi connectivity index (χ3v) is 2.75. The molecule has 2 fully saturated rings. The van der Waals surface area contributed by atoms with Gasteiger partial charge in [0, 0.05) is 0 Å². The van der Waals surface area contributed by atoms with Gasteiger partial charge in [-0.3, -0.25) is 4.79 Å². The molecule has 90 valence electrons. The molecule has 10 radical (unpaired) electrons. The minimum absolute atomic E-state index is 0. The average molecular weight is 384 g/mol. The second-order valence-electron chi connectivity index (χ2n) is 2.97. The van der Waals surface area contributed by atoms with Gasteiger partial charge in [-0.05, 0) is 58.3 Å². The van der Waals surface area contributed by atoms with Gasteiger partial charge in [-0.25, -0.2) is 0 Å². The summed E-state index contributed by atoms with van der Waals surface area (Å²) >= 11 is 2.11. The Kier molecular flexibility index (Phi) is 11.1. The van der Waals surface area contributed by atoms with Crippen LogP contribution >= 0.6 is 22.6 Å². The van der Waals surface area contributed by atoms with Crippen molar-refractivity contribution in [2.24, 2.45) is 0 Å². The number of rotatable bonds is 2. The molecule has 0 atom stereocenters. The molecule has 2 aliphatic rings. The molecule has 0 aromatic rings. The van der Waals surface area contributed by atoms with Crippen LogP contribution < -0.4 is 0 Å². The van der Waals surface area contributed by atoms with Crippen molar-refractivity contribution in [2.75, 3.05) is 6.61 Å². The summed E-state index contributed by atoms with van der Waals surface area (Å²) < 4.78 is 5.77. The smallest absolute Gasteiger partial charge is 0.465 e. The Morgan fingerprint density at radius 3 is 2.00 bits per heavy atom. The Balaban J connectivity index is 0.000000360. The van der Waals surface area contributed by atoms with E-state index in [4.69, 9.17) is 4.74 Å². The van der Waals surface area contributed by atoms with E-state index in [0.29, 0.717) is 12.5 Å². The third-order valence-electron chi connectivity index (χ3n) is 1.81. The van der Waals surface area contributed by atoms with Crippen molar-refractivity contribution >= 4 is 28.6 Å². The fourth-order valence-corrected chi connectivity index (χ4v) is 1.70. The van der Waals surface area contributed by atoms with Gasteiger partial charge < -0.3 is 4.74 Å². The van der Waals surface area contributed by atoms with Crippen LogP contribution in [0.2, 0.25) is 0 Å². The van der Waals surface area contributed by atoms with Crippen LogP contribution in [0.5, 0.6) is 0 Å². The molecule has 0 N–H and O–H groups in total. The van der Waals surface area contributed by atoms with E-state index in [1.165, 1.54) is 0 Å². The van der Waals surface area contributed by atoms with Gasteiger partial charge >= 0.3 is 23.0 Å². The first-order valence-corrected chi connectivity index (χ1v) is 6.08. The fourth-order valence-electron chi connectivity index (χ4n) is 1.09. The molecule has 0 aromatic heterocycles.